The predicted octanol–water partition coefficient (Wildman–Crippen LogP) is 3.28. The monoisotopic (exact) mass is 313 g/mol. The van der Waals surface area contributed by atoms with E-state index in [9.17, 15) is 14.4 Å². The van der Waals surface area contributed by atoms with Crippen molar-refractivity contribution in [3.63, 3.8) is 0 Å². The zero-order chi connectivity index (χ0) is 16.5. The number of hydrogen-bond donors (Lipinski definition) is 1. The summed E-state index contributed by atoms with van der Waals surface area (Å²) < 4.78 is 0. The molecule has 0 aliphatic carbocycles. The summed E-state index contributed by atoms with van der Waals surface area (Å²) in [5, 5.41) is 2.30. The first-order chi connectivity index (χ1) is 10.1. The molecule has 0 spiro atoms. The van der Waals surface area contributed by atoms with Crippen LogP contribution in [-0.2, 0) is 14.4 Å². The first-order valence-electron chi connectivity index (χ1n) is 7.31. The van der Waals surface area contributed by atoms with Gasteiger partial charge in [-0.25, -0.2) is 0 Å². The van der Waals surface area contributed by atoms with E-state index in [1.807, 2.05) is 26.0 Å². The van der Waals surface area contributed by atoms with E-state index >= 15 is 0 Å². The molecule has 1 N–H and O–H groups in total. The Morgan fingerprint density at radius 3 is 2.48 bits per heavy atom. The Hall–Kier alpha value is -1.36. The van der Waals surface area contributed by atoms with Crippen molar-refractivity contribution in [1.29, 1.82) is 0 Å². The maximum Gasteiger partial charge on any atom is 0.207 e. The van der Waals surface area contributed by atoms with Gasteiger partial charge in [0.25, 0.3) is 0 Å². The van der Waals surface area contributed by atoms with Crippen molar-refractivity contribution < 1.29 is 14.4 Å². The molecule has 0 saturated carbocycles. The van der Waals surface area contributed by atoms with Crippen LogP contribution in [0.3, 0.4) is 0 Å². The molecule has 1 amide bonds. The molecule has 4 nitrogen and oxygen atoms in total. The zero-order valence-electron chi connectivity index (χ0n) is 13.5. The van der Waals surface area contributed by atoms with Crippen LogP contribution in [0.1, 0.15) is 47.0 Å². The van der Waals surface area contributed by atoms with E-state index in [1.165, 1.54) is 0 Å². The third-order valence-corrected chi connectivity index (χ3v) is 3.15. The third kappa shape index (κ3) is 14.9. The van der Waals surface area contributed by atoms with Gasteiger partial charge in [0.2, 0.25) is 6.41 Å². The van der Waals surface area contributed by atoms with Crippen molar-refractivity contribution in [3.8, 4) is 0 Å². The summed E-state index contributed by atoms with van der Waals surface area (Å²) in [4.78, 5) is 33.2. The van der Waals surface area contributed by atoms with E-state index in [-0.39, 0.29) is 17.3 Å². The van der Waals surface area contributed by atoms with Crippen LogP contribution in [0.4, 0.5) is 0 Å². The molecule has 21 heavy (non-hydrogen) atoms. The van der Waals surface area contributed by atoms with E-state index < -0.39 is 0 Å². The molecule has 0 radical (unpaired) electrons. The smallest absolute Gasteiger partial charge is 0.207 e. The number of rotatable bonds is 10. The van der Waals surface area contributed by atoms with Crippen molar-refractivity contribution in [2.45, 2.75) is 47.0 Å². The number of allylic oxidation sites excluding steroid dienone is 4. The normalized spacial score (nSPS) is 10.8. The molecule has 0 atom stereocenters. The highest BCUT2D eigenvalue weighted by Crippen LogP contribution is 2.08. The molecular formula is C16H27NO3S. The molecule has 0 aliphatic rings. The summed E-state index contributed by atoms with van der Waals surface area (Å²) in [5.74, 6) is 0.339. The van der Waals surface area contributed by atoms with Gasteiger partial charge >= 0.3 is 0 Å². The fourth-order valence-corrected chi connectivity index (χ4v) is 1.85. The van der Waals surface area contributed by atoms with E-state index in [4.69, 9.17) is 0 Å². The van der Waals surface area contributed by atoms with Crippen LogP contribution < -0.4 is 5.32 Å². The van der Waals surface area contributed by atoms with Crippen molar-refractivity contribution in [2.24, 2.45) is 0 Å². The number of unbranched alkanes of at least 4 members (excludes halogenated alkanes) is 1. The van der Waals surface area contributed by atoms with Gasteiger partial charge in [-0.2, -0.15) is 0 Å². The number of nitrogens with one attached hydrogen (secondary N) is 1. The Morgan fingerprint density at radius 2 is 1.90 bits per heavy atom. The van der Waals surface area contributed by atoms with Crippen LogP contribution in [-0.4, -0.2) is 29.6 Å². The minimum Gasteiger partial charge on any atom is -0.358 e. The summed E-state index contributed by atoms with van der Waals surface area (Å²) in [6.45, 7) is 8.23. The highest BCUT2D eigenvalue weighted by atomic mass is 32.2. The molecule has 0 unspecified atom stereocenters. The molecule has 5 heteroatoms. The van der Waals surface area contributed by atoms with Crippen molar-refractivity contribution in [2.75, 3.05) is 12.3 Å². The number of hydrogen-bond acceptors (Lipinski definition) is 4. The fourth-order valence-electron chi connectivity index (χ4n) is 1.17. The minimum absolute atomic E-state index is 0.0876. The molecular weight excluding hydrogens is 286 g/mol. The number of amides is 1. The van der Waals surface area contributed by atoms with Gasteiger partial charge in [-0.15, -0.1) is 0 Å². The first kappa shape index (κ1) is 21.9. The van der Waals surface area contributed by atoms with Gasteiger partial charge in [-0.3, -0.25) is 14.4 Å². The van der Waals surface area contributed by atoms with E-state index in [0.29, 0.717) is 24.3 Å². The molecule has 0 saturated heterocycles. The van der Waals surface area contributed by atoms with Gasteiger partial charge in [0.1, 0.15) is 0 Å². The summed E-state index contributed by atoms with van der Waals surface area (Å²) in [5.41, 5.74) is 0.590. The first-order valence-corrected chi connectivity index (χ1v) is 8.29. The number of thioether (sulfide) groups is 1. The van der Waals surface area contributed by atoms with Crippen LogP contribution in [0.5, 0.6) is 0 Å². The topological polar surface area (TPSA) is 63.2 Å². The number of ketones is 1. The van der Waals surface area contributed by atoms with Crippen LogP contribution >= 0.6 is 11.8 Å². The van der Waals surface area contributed by atoms with Crippen LogP contribution in [0, 0.1) is 0 Å². The lowest BCUT2D eigenvalue weighted by Crippen LogP contribution is -2.15. The second-order valence-electron chi connectivity index (χ2n) is 3.96. The Balaban J connectivity index is 0. The second-order valence-corrected chi connectivity index (χ2v) is 5.11. The van der Waals surface area contributed by atoms with Crippen molar-refractivity contribution >= 4 is 29.1 Å². The lowest BCUT2D eigenvalue weighted by atomic mass is 10.1. The largest absolute Gasteiger partial charge is 0.358 e. The summed E-state index contributed by atoms with van der Waals surface area (Å²) in [7, 11) is 0. The Morgan fingerprint density at radius 1 is 1.24 bits per heavy atom. The molecule has 0 heterocycles. The Kier molecular flexibility index (Phi) is 17.4. The average Bonchev–Trinajstić information content (AvgIpc) is 2.50. The van der Waals surface area contributed by atoms with Gasteiger partial charge in [0.15, 0.2) is 10.9 Å². The maximum absolute atomic E-state index is 11.7. The molecule has 0 fully saturated rings. The summed E-state index contributed by atoms with van der Waals surface area (Å²) >= 11 is 1.07. The predicted molar refractivity (Wildman–Crippen MR) is 90.3 cm³/mol. The number of Topliss-reactive ketones (excluding diaryl/α,β-unsaturated/α-hetero) is 1. The molecule has 120 valence electrons. The van der Waals surface area contributed by atoms with E-state index in [2.05, 4.69) is 12.2 Å². The molecule has 0 aromatic rings. The molecule has 0 aromatic heterocycles. The highest BCUT2D eigenvalue weighted by molar-refractivity contribution is 8.13. The maximum atomic E-state index is 11.7. The fraction of sp³-hybridized carbons (Fsp3) is 0.562. The van der Waals surface area contributed by atoms with Gasteiger partial charge in [-0.1, -0.05) is 57.2 Å². The van der Waals surface area contributed by atoms with Gasteiger partial charge in [0.05, 0.1) is 6.42 Å². The molecule has 0 rings (SSSR count). The second kappa shape index (κ2) is 16.7. The van der Waals surface area contributed by atoms with Crippen LogP contribution in [0.25, 0.3) is 0 Å². The van der Waals surface area contributed by atoms with Gasteiger partial charge < -0.3 is 5.32 Å². The summed E-state index contributed by atoms with van der Waals surface area (Å²) in [6, 6.07) is 0. The number of carbonyl (C=O) groups is 3. The molecule has 0 aromatic carbocycles. The highest BCUT2D eigenvalue weighted by Gasteiger charge is 2.10. The van der Waals surface area contributed by atoms with Crippen molar-refractivity contribution in [1.82, 2.24) is 5.32 Å². The molecule has 0 aliphatic heterocycles. The minimum atomic E-state index is -0.164. The SMILES string of the molecule is CC.CCC/C=C/C=C(\C)C(=O)CC(=O)SCCNC=O. The Bertz CT molecular complexity index is 363. The number of carbonyl (C=O) groups excluding carboxylic acids is 3. The van der Waals surface area contributed by atoms with Gasteiger partial charge in [0, 0.05) is 12.3 Å². The standard InChI is InChI=1S/C14H21NO3S.C2H6/c1-3-4-5-6-7-12(2)13(17)10-14(18)19-9-8-15-11-16;1-2/h5-7,11H,3-4,8-10H2,1-2H3,(H,15,16);1-2H3/b6-5+,12-7+;. The van der Waals surface area contributed by atoms with Gasteiger partial charge in [-0.05, 0) is 18.9 Å². The van der Waals surface area contributed by atoms with Crippen LogP contribution in [0.15, 0.2) is 23.8 Å². The lowest BCUT2D eigenvalue weighted by molar-refractivity contribution is -0.120. The summed E-state index contributed by atoms with van der Waals surface area (Å²) in [6.07, 6.45) is 8.14. The van der Waals surface area contributed by atoms with E-state index in [1.54, 1.807) is 13.0 Å². The Labute approximate surface area is 132 Å². The van der Waals surface area contributed by atoms with Crippen molar-refractivity contribution in [3.05, 3.63) is 23.8 Å². The van der Waals surface area contributed by atoms with E-state index in [0.717, 1.165) is 24.6 Å². The molecule has 0 bridgehead atoms. The lowest BCUT2D eigenvalue weighted by Gasteiger charge is -2.00. The third-order valence-electron chi connectivity index (χ3n) is 2.28. The quantitative estimate of drug-likeness (QED) is 0.221. The average molecular weight is 313 g/mol. The van der Waals surface area contributed by atoms with Crippen LogP contribution in [0.2, 0.25) is 0 Å². The zero-order valence-corrected chi connectivity index (χ0v) is 14.3.